The smallest absolute Gasteiger partial charge is 0.469 e. The van der Waals surface area contributed by atoms with Crippen LogP contribution in [0, 0.1) is 0 Å². The number of methoxy groups -OCH3 is 1. The van der Waals surface area contributed by atoms with Crippen molar-refractivity contribution < 1.29 is 27.5 Å². The number of ether oxygens (including phenoxy) is 1. The molecule has 0 heterocycles. The summed E-state index contributed by atoms with van der Waals surface area (Å²) >= 11 is 1.77. The monoisotopic (exact) mass is 339 g/mol. The molecule has 0 bridgehead atoms. The van der Waals surface area contributed by atoms with Gasteiger partial charge in [0.25, 0.3) is 0 Å². The third-order valence-corrected chi connectivity index (χ3v) is 2.48. The van der Waals surface area contributed by atoms with Crippen molar-refractivity contribution in [1.29, 1.82) is 0 Å². The average molecular weight is 339 g/mol. The fourth-order valence-corrected chi connectivity index (χ4v) is 1.23. The SMILES string of the molecule is COC(=O)C[C@@H](CI)NC(=O)C(F)(F)F. The number of esters is 1. The van der Waals surface area contributed by atoms with Crippen molar-refractivity contribution in [2.45, 2.75) is 18.6 Å². The molecule has 0 unspecified atom stereocenters. The van der Waals surface area contributed by atoms with Crippen molar-refractivity contribution in [2.24, 2.45) is 0 Å². The molecule has 0 radical (unpaired) electrons. The standard InChI is InChI=1S/C7H9F3INO3/c1-15-5(13)2-4(3-11)12-6(14)7(8,9)10/h4H,2-3H2,1H3,(H,12,14)/t4-/m0/s1. The fraction of sp³-hybridized carbons (Fsp3) is 0.714. The Labute approximate surface area is 97.7 Å². The third-order valence-electron chi connectivity index (χ3n) is 1.42. The largest absolute Gasteiger partial charge is 0.471 e. The van der Waals surface area contributed by atoms with Crippen LogP contribution in [0.5, 0.6) is 0 Å². The van der Waals surface area contributed by atoms with Crippen LogP contribution in [0.4, 0.5) is 13.2 Å². The molecule has 0 aliphatic rings. The second-order valence-corrected chi connectivity index (χ2v) is 3.48. The molecule has 15 heavy (non-hydrogen) atoms. The van der Waals surface area contributed by atoms with Crippen LogP contribution in [0.2, 0.25) is 0 Å². The molecular formula is C7H9F3INO3. The van der Waals surface area contributed by atoms with E-state index >= 15 is 0 Å². The predicted molar refractivity (Wildman–Crippen MR) is 53.5 cm³/mol. The molecule has 0 aromatic carbocycles. The van der Waals surface area contributed by atoms with Gasteiger partial charge in [0.1, 0.15) is 0 Å². The molecule has 1 N–H and O–H groups in total. The number of alkyl halides is 4. The van der Waals surface area contributed by atoms with Crippen LogP contribution in [0.15, 0.2) is 0 Å². The molecule has 4 nitrogen and oxygen atoms in total. The molecule has 0 saturated heterocycles. The van der Waals surface area contributed by atoms with Gasteiger partial charge in [0.2, 0.25) is 0 Å². The molecular weight excluding hydrogens is 330 g/mol. The van der Waals surface area contributed by atoms with Gasteiger partial charge >= 0.3 is 18.1 Å². The average Bonchev–Trinajstić information content (AvgIpc) is 2.14. The topological polar surface area (TPSA) is 55.4 Å². The zero-order valence-electron chi connectivity index (χ0n) is 7.73. The molecule has 0 aliphatic heterocycles. The lowest BCUT2D eigenvalue weighted by atomic mass is 10.2. The van der Waals surface area contributed by atoms with Gasteiger partial charge in [-0.25, -0.2) is 0 Å². The van der Waals surface area contributed by atoms with E-state index in [0.717, 1.165) is 7.11 Å². The quantitative estimate of drug-likeness (QED) is 0.473. The number of amides is 1. The second kappa shape index (κ2) is 6.13. The van der Waals surface area contributed by atoms with Crippen molar-refractivity contribution in [1.82, 2.24) is 5.32 Å². The summed E-state index contributed by atoms with van der Waals surface area (Å²) in [5, 5.41) is 1.70. The number of nitrogens with one attached hydrogen (secondary N) is 1. The minimum absolute atomic E-state index is 0.189. The van der Waals surface area contributed by atoms with Crippen LogP contribution in [-0.4, -0.2) is 35.6 Å². The van der Waals surface area contributed by atoms with Crippen molar-refractivity contribution in [3.05, 3.63) is 0 Å². The Bertz CT molecular complexity index is 244. The Morgan fingerprint density at radius 1 is 1.47 bits per heavy atom. The molecule has 0 aromatic rings. The number of carbonyl (C=O) groups is 2. The highest BCUT2D eigenvalue weighted by Gasteiger charge is 2.39. The minimum Gasteiger partial charge on any atom is -0.469 e. The lowest BCUT2D eigenvalue weighted by Crippen LogP contribution is -2.44. The summed E-state index contributed by atoms with van der Waals surface area (Å²) < 4.78 is 40.0. The Balaban J connectivity index is 4.22. The van der Waals surface area contributed by atoms with Gasteiger partial charge in [-0.05, 0) is 0 Å². The van der Waals surface area contributed by atoms with Crippen LogP contribution in [0.1, 0.15) is 6.42 Å². The highest BCUT2D eigenvalue weighted by atomic mass is 127. The van der Waals surface area contributed by atoms with E-state index in [2.05, 4.69) is 4.74 Å². The number of halogens is 4. The van der Waals surface area contributed by atoms with E-state index in [4.69, 9.17) is 0 Å². The molecule has 0 saturated carbocycles. The lowest BCUT2D eigenvalue weighted by molar-refractivity contribution is -0.174. The summed E-state index contributed by atoms with van der Waals surface area (Å²) in [6.07, 6.45) is -5.21. The van der Waals surface area contributed by atoms with Crippen molar-refractivity contribution in [3.8, 4) is 0 Å². The van der Waals surface area contributed by atoms with Crippen LogP contribution in [0.3, 0.4) is 0 Å². The Morgan fingerprint density at radius 2 is 2.00 bits per heavy atom. The minimum atomic E-state index is -4.93. The number of hydrogen-bond acceptors (Lipinski definition) is 3. The molecule has 0 fully saturated rings. The Kier molecular flexibility index (Phi) is 5.91. The Morgan fingerprint density at radius 3 is 2.33 bits per heavy atom. The van der Waals surface area contributed by atoms with E-state index in [-0.39, 0.29) is 10.8 Å². The first kappa shape index (κ1) is 14.5. The highest BCUT2D eigenvalue weighted by Crippen LogP contribution is 2.15. The van der Waals surface area contributed by atoms with Gasteiger partial charge in [-0.2, -0.15) is 13.2 Å². The van der Waals surface area contributed by atoms with Gasteiger partial charge in [0.05, 0.1) is 13.5 Å². The summed E-state index contributed by atoms with van der Waals surface area (Å²) in [6, 6.07) is -0.868. The maximum Gasteiger partial charge on any atom is 0.471 e. The normalized spacial score (nSPS) is 13.1. The molecule has 1 atom stereocenters. The summed E-state index contributed by atoms with van der Waals surface area (Å²) in [7, 11) is 1.12. The fourth-order valence-electron chi connectivity index (χ4n) is 0.696. The van der Waals surface area contributed by atoms with Gasteiger partial charge in [-0.15, -0.1) is 0 Å². The molecule has 0 aliphatic carbocycles. The van der Waals surface area contributed by atoms with Gasteiger partial charge in [0, 0.05) is 10.5 Å². The van der Waals surface area contributed by atoms with Gasteiger partial charge in [0.15, 0.2) is 0 Å². The molecule has 8 heteroatoms. The van der Waals surface area contributed by atoms with E-state index in [1.807, 2.05) is 0 Å². The molecule has 88 valence electrons. The van der Waals surface area contributed by atoms with E-state index in [9.17, 15) is 22.8 Å². The van der Waals surface area contributed by atoms with E-state index in [1.165, 1.54) is 0 Å². The van der Waals surface area contributed by atoms with Crippen LogP contribution < -0.4 is 5.32 Å². The first-order valence-corrected chi connectivity index (χ1v) is 5.34. The van der Waals surface area contributed by atoms with Crippen LogP contribution in [0.25, 0.3) is 0 Å². The maximum absolute atomic E-state index is 11.8. The number of hydrogen-bond donors (Lipinski definition) is 1. The van der Waals surface area contributed by atoms with E-state index in [0.29, 0.717) is 0 Å². The van der Waals surface area contributed by atoms with Crippen molar-refractivity contribution >= 4 is 34.5 Å². The number of rotatable bonds is 4. The van der Waals surface area contributed by atoms with Crippen molar-refractivity contribution in [3.63, 3.8) is 0 Å². The predicted octanol–water partition coefficient (Wildman–Crippen LogP) is 1.03. The van der Waals surface area contributed by atoms with Gasteiger partial charge in [-0.3, -0.25) is 9.59 Å². The number of carbonyl (C=O) groups excluding carboxylic acids is 2. The first-order valence-electron chi connectivity index (χ1n) is 3.81. The zero-order valence-corrected chi connectivity index (χ0v) is 9.89. The van der Waals surface area contributed by atoms with E-state index in [1.54, 1.807) is 27.9 Å². The summed E-state index contributed by atoms with van der Waals surface area (Å²) in [4.78, 5) is 21.3. The summed E-state index contributed by atoms with van der Waals surface area (Å²) in [5.41, 5.74) is 0. The van der Waals surface area contributed by atoms with Crippen LogP contribution in [-0.2, 0) is 14.3 Å². The third kappa shape index (κ3) is 5.80. The van der Waals surface area contributed by atoms with Gasteiger partial charge < -0.3 is 10.1 Å². The summed E-state index contributed by atoms with van der Waals surface area (Å²) in [6.45, 7) is 0. The zero-order chi connectivity index (χ0) is 12.1. The Hall–Kier alpha value is -0.540. The second-order valence-electron chi connectivity index (χ2n) is 2.60. The molecule has 0 rings (SSSR count). The molecule has 1 amide bonds. The molecule has 0 aromatic heterocycles. The lowest BCUT2D eigenvalue weighted by Gasteiger charge is -2.15. The molecule has 0 spiro atoms. The van der Waals surface area contributed by atoms with E-state index < -0.39 is 24.1 Å². The van der Waals surface area contributed by atoms with Crippen LogP contribution >= 0.6 is 22.6 Å². The van der Waals surface area contributed by atoms with Gasteiger partial charge in [-0.1, -0.05) is 22.6 Å². The summed E-state index contributed by atoms with van der Waals surface area (Å²) in [5.74, 6) is -2.72. The highest BCUT2D eigenvalue weighted by molar-refractivity contribution is 14.1. The van der Waals surface area contributed by atoms with Crippen molar-refractivity contribution in [2.75, 3.05) is 11.5 Å². The first-order chi connectivity index (χ1) is 6.81. The maximum atomic E-state index is 11.8.